The molecule has 92 valence electrons. The first-order valence-electron chi connectivity index (χ1n) is 6.06. The van der Waals surface area contributed by atoms with Gasteiger partial charge in [0.15, 0.2) is 0 Å². The minimum absolute atomic E-state index is 0.518. The van der Waals surface area contributed by atoms with E-state index in [4.69, 9.17) is 4.74 Å². The zero-order valence-corrected chi connectivity index (χ0v) is 11.0. The molecule has 0 heterocycles. The summed E-state index contributed by atoms with van der Waals surface area (Å²) in [5.74, 6) is 0. The predicted molar refractivity (Wildman–Crippen MR) is 66.3 cm³/mol. The Morgan fingerprint density at radius 2 is 1.93 bits per heavy atom. The molecule has 0 bridgehead atoms. The molecule has 3 heteroatoms. The van der Waals surface area contributed by atoms with Crippen molar-refractivity contribution in [3.05, 3.63) is 0 Å². The molecule has 0 fully saturated rings. The van der Waals surface area contributed by atoms with Crippen molar-refractivity contribution in [2.24, 2.45) is 0 Å². The first-order valence-corrected chi connectivity index (χ1v) is 6.06. The van der Waals surface area contributed by atoms with E-state index in [1.807, 2.05) is 7.05 Å². The van der Waals surface area contributed by atoms with Gasteiger partial charge in [-0.05, 0) is 46.8 Å². The topological polar surface area (TPSA) is 24.5 Å². The lowest BCUT2D eigenvalue weighted by atomic mass is 10.1. The number of nitrogens with one attached hydrogen (secondary N) is 1. The van der Waals surface area contributed by atoms with E-state index in [1.165, 1.54) is 12.8 Å². The summed E-state index contributed by atoms with van der Waals surface area (Å²) in [5, 5.41) is 3.19. The SMILES string of the molecule is CCN(C(C)CCCNC)C(C)COC. The number of hydrogen-bond donors (Lipinski definition) is 1. The summed E-state index contributed by atoms with van der Waals surface area (Å²) in [5.41, 5.74) is 0. The van der Waals surface area contributed by atoms with Gasteiger partial charge in [-0.1, -0.05) is 6.92 Å². The summed E-state index contributed by atoms with van der Waals surface area (Å²) in [6, 6.07) is 1.16. The Balaban J connectivity index is 3.91. The van der Waals surface area contributed by atoms with Crippen LogP contribution in [0.4, 0.5) is 0 Å². The predicted octanol–water partition coefficient (Wildman–Crippen LogP) is 1.73. The Labute approximate surface area is 95.2 Å². The van der Waals surface area contributed by atoms with Crippen LogP contribution in [-0.2, 0) is 4.74 Å². The lowest BCUT2D eigenvalue weighted by Crippen LogP contribution is -2.42. The van der Waals surface area contributed by atoms with Crippen LogP contribution >= 0.6 is 0 Å². The second-order valence-corrected chi connectivity index (χ2v) is 4.23. The molecular weight excluding hydrogens is 188 g/mol. The van der Waals surface area contributed by atoms with Crippen molar-refractivity contribution in [1.82, 2.24) is 10.2 Å². The van der Waals surface area contributed by atoms with Gasteiger partial charge in [-0.25, -0.2) is 0 Å². The van der Waals surface area contributed by atoms with Crippen molar-refractivity contribution in [3.63, 3.8) is 0 Å². The van der Waals surface area contributed by atoms with Crippen LogP contribution in [0, 0.1) is 0 Å². The lowest BCUT2D eigenvalue weighted by molar-refractivity contribution is 0.0751. The van der Waals surface area contributed by atoms with Gasteiger partial charge in [0.25, 0.3) is 0 Å². The lowest BCUT2D eigenvalue weighted by Gasteiger charge is -2.33. The zero-order valence-electron chi connectivity index (χ0n) is 11.0. The maximum Gasteiger partial charge on any atom is 0.0615 e. The fraction of sp³-hybridized carbons (Fsp3) is 1.00. The fourth-order valence-corrected chi connectivity index (χ4v) is 2.13. The summed E-state index contributed by atoms with van der Waals surface area (Å²) in [7, 11) is 3.78. The van der Waals surface area contributed by atoms with Crippen molar-refractivity contribution < 1.29 is 4.74 Å². The molecule has 0 rings (SSSR count). The van der Waals surface area contributed by atoms with Gasteiger partial charge in [0.1, 0.15) is 0 Å². The molecule has 0 saturated carbocycles. The van der Waals surface area contributed by atoms with Crippen LogP contribution in [-0.4, -0.2) is 50.8 Å². The first kappa shape index (κ1) is 14.9. The van der Waals surface area contributed by atoms with Crippen LogP contribution in [0.25, 0.3) is 0 Å². The molecule has 0 saturated heterocycles. The molecule has 2 atom stereocenters. The van der Waals surface area contributed by atoms with Gasteiger partial charge in [-0.2, -0.15) is 0 Å². The second-order valence-electron chi connectivity index (χ2n) is 4.23. The molecule has 0 aliphatic carbocycles. The van der Waals surface area contributed by atoms with E-state index in [-0.39, 0.29) is 0 Å². The highest BCUT2D eigenvalue weighted by atomic mass is 16.5. The monoisotopic (exact) mass is 216 g/mol. The van der Waals surface area contributed by atoms with E-state index in [0.717, 1.165) is 19.7 Å². The largest absolute Gasteiger partial charge is 0.383 e. The van der Waals surface area contributed by atoms with E-state index in [1.54, 1.807) is 7.11 Å². The molecule has 0 spiro atoms. The highest BCUT2D eigenvalue weighted by Gasteiger charge is 2.17. The van der Waals surface area contributed by atoms with Crippen LogP contribution in [0.3, 0.4) is 0 Å². The molecule has 0 aromatic carbocycles. The van der Waals surface area contributed by atoms with E-state index in [2.05, 4.69) is 31.0 Å². The van der Waals surface area contributed by atoms with Crippen molar-refractivity contribution in [3.8, 4) is 0 Å². The molecule has 0 amide bonds. The Morgan fingerprint density at radius 3 is 2.40 bits per heavy atom. The molecule has 0 aromatic rings. The number of hydrogen-bond acceptors (Lipinski definition) is 3. The highest BCUT2D eigenvalue weighted by Crippen LogP contribution is 2.10. The average Bonchev–Trinajstić information content (AvgIpc) is 2.19. The maximum absolute atomic E-state index is 5.21. The molecule has 15 heavy (non-hydrogen) atoms. The zero-order chi connectivity index (χ0) is 11.7. The second kappa shape index (κ2) is 9.13. The Kier molecular flexibility index (Phi) is 9.06. The molecule has 3 nitrogen and oxygen atoms in total. The Morgan fingerprint density at radius 1 is 1.27 bits per heavy atom. The summed E-state index contributed by atoms with van der Waals surface area (Å²) in [6.45, 7) is 9.81. The average molecular weight is 216 g/mol. The van der Waals surface area contributed by atoms with Crippen molar-refractivity contribution >= 4 is 0 Å². The maximum atomic E-state index is 5.21. The molecular formula is C12H28N2O. The van der Waals surface area contributed by atoms with E-state index >= 15 is 0 Å². The van der Waals surface area contributed by atoms with Crippen LogP contribution in [0.1, 0.15) is 33.6 Å². The van der Waals surface area contributed by atoms with Crippen molar-refractivity contribution in [1.29, 1.82) is 0 Å². The molecule has 0 aliphatic rings. The summed E-state index contributed by atoms with van der Waals surface area (Å²) < 4.78 is 5.21. The van der Waals surface area contributed by atoms with E-state index in [9.17, 15) is 0 Å². The minimum Gasteiger partial charge on any atom is -0.383 e. The number of likely N-dealkylation sites (N-methyl/N-ethyl adjacent to an activating group) is 1. The number of methoxy groups -OCH3 is 1. The fourth-order valence-electron chi connectivity index (χ4n) is 2.13. The Bertz CT molecular complexity index is 142. The van der Waals surface area contributed by atoms with E-state index in [0.29, 0.717) is 12.1 Å². The molecule has 0 radical (unpaired) electrons. The van der Waals surface area contributed by atoms with Gasteiger partial charge >= 0.3 is 0 Å². The molecule has 2 unspecified atom stereocenters. The van der Waals surface area contributed by atoms with Gasteiger partial charge in [-0.15, -0.1) is 0 Å². The normalized spacial score (nSPS) is 15.6. The summed E-state index contributed by atoms with van der Waals surface area (Å²) in [6.07, 6.45) is 2.50. The third-order valence-corrected chi connectivity index (χ3v) is 2.95. The molecule has 0 aromatic heterocycles. The third-order valence-electron chi connectivity index (χ3n) is 2.95. The smallest absolute Gasteiger partial charge is 0.0615 e. The van der Waals surface area contributed by atoms with E-state index < -0.39 is 0 Å². The summed E-state index contributed by atoms with van der Waals surface area (Å²) in [4.78, 5) is 2.51. The van der Waals surface area contributed by atoms with Gasteiger partial charge in [0, 0.05) is 19.2 Å². The minimum atomic E-state index is 0.518. The van der Waals surface area contributed by atoms with Gasteiger partial charge in [0.2, 0.25) is 0 Å². The van der Waals surface area contributed by atoms with Crippen LogP contribution in [0.5, 0.6) is 0 Å². The highest BCUT2D eigenvalue weighted by molar-refractivity contribution is 4.72. The number of rotatable bonds is 9. The van der Waals surface area contributed by atoms with Crippen LogP contribution < -0.4 is 5.32 Å². The molecule has 0 aliphatic heterocycles. The quantitative estimate of drug-likeness (QED) is 0.594. The van der Waals surface area contributed by atoms with Crippen molar-refractivity contribution in [2.45, 2.75) is 45.7 Å². The van der Waals surface area contributed by atoms with Crippen LogP contribution in [0.2, 0.25) is 0 Å². The van der Waals surface area contributed by atoms with Gasteiger partial charge in [0.05, 0.1) is 6.61 Å². The first-order chi connectivity index (χ1) is 7.17. The number of nitrogens with zero attached hydrogens (tertiary/aromatic N) is 1. The van der Waals surface area contributed by atoms with Crippen molar-refractivity contribution in [2.75, 3.05) is 33.9 Å². The Hall–Kier alpha value is -0.120. The van der Waals surface area contributed by atoms with Crippen LogP contribution in [0.15, 0.2) is 0 Å². The van der Waals surface area contributed by atoms with Gasteiger partial charge in [-0.3, -0.25) is 4.90 Å². The van der Waals surface area contributed by atoms with Gasteiger partial charge < -0.3 is 10.1 Å². The third kappa shape index (κ3) is 6.13. The molecule has 1 N–H and O–H groups in total. The standard InChI is InChI=1S/C12H28N2O/c1-6-14(12(3)10-15-5)11(2)8-7-9-13-4/h11-13H,6-10H2,1-5H3. The summed E-state index contributed by atoms with van der Waals surface area (Å²) >= 11 is 0. The number of ether oxygens (including phenoxy) is 1.